The van der Waals surface area contributed by atoms with Gasteiger partial charge >= 0.3 is 5.97 Å². The lowest BCUT2D eigenvalue weighted by Crippen LogP contribution is -1.94. The number of carbonyl (C=O) groups is 1. The molecule has 0 radical (unpaired) electrons. The molecule has 102 valence electrons. The van der Waals surface area contributed by atoms with Crippen molar-refractivity contribution in [2.45, 2.75) is 0 Å². The first kappa shape index (κ1) is 13.1. The van der Waals surface area contributed by atoms with E-state index in [0.29, 0.717) is 0 Å². The SMILES string of the molecule is C=C(C=Cc1cccc2nc3ccccc3cc12)C(=O)O. The van der Waals surface area contributed by atoms with Gasteiger partial charge in [0.05, 0.1) is 16.6 Å². The largest absolute Gasteiger partial charge is 0.478 e. The topological polar surface area (TPSA) is 50.2 Å². The average molecular weight is 275 g/mol. The van der Waals surface area contributed by atoms with Crippen LogP contribution in [0.25, 0.3) is 27.9 Å². The first-order valence-electron chi connectivity index (χ1n) is 6.54. The highest BCUT2D eigenvalue weighted by atomic mass is 16.4. The fourth-order valence-corrected chi connectivity index (χ4v) is 2.23. The number of pyridine rings is 1. The number of para-hydroxylation sites is 1. The normalized spacial score (nSPS) is 11.2. The molecular weight excluding hydrogens is 262 g/mol. The molecule has 1 heterocycles. The molecule has 3 rings (SSSR count). The molecule has 0 saturated heterocycles. The van der Waals surface area contributed by atoms with Gasteiger partial charge in [-0.25, -0.2) is 9.78 Å². The van der Waals surface area contributed by atoms with Gasteiger partial charge in [-0.05, 0) is 29.8 Å². The van der Waals surface area contributed by atoms with Crippen LogP contribution in [0.3, 0.4) is 0 Å². The van der Waals surface area contributed by atoms with Gasteiger partial charge in [-0.3, -0.25) is 0 Å². The smallest absolute Gasteiger partial charge is 0.335 e. The van der Waals surface area contributed by atoms with E-state index in [9.17, 15) is 4.79 Å². The number of benzene rings is 2. The van der Waals surface area contributed by atoms with Gasteiger partial charge in [-0.15, -0.1) is 0 Å². The summed E-state index contributed by atoms with van der Waals surface area (Å²) in [7, 11) is 0. The van der Waals surface area contributed by atoms with Crippen LogP contribution in [0, 0.1) is 0 Å². The summed E-state index contributed by atoms with van der Waals surface area (Å²) in [6.07, 6.45) is 3.27. The van der Waals surface area contributed by atoms with Crippen LogP contribution in [0.15, 0.2) is 66.8 Å². The van der Waals surface area contributed by atoms with Crippen molar-refractivity contribution in [1.29, 1.82) is 0 Å². The zero-order chi connectivity index (χ0) is 14.8. The number of carboxylic acid groups (broad SMARTS) is 1. The summed E-state index contributed by atoms with van der Waals surface area (Å²) in [5.41, 5.74) is 2.81. The van der Waals surface area contributed by atoms with Crippen molar-refractivity contribution in [2.75, 3.05) is 0 Å². The highest BCUT2D eigenvalue weighted by molar-refractivity contribution is 5.98. The minimum atomic E-state index is -1.02. The van der Waals surface area contributed by atoms with Crippen molar-refractivity contribution in [3.8, 4) is 0 Å². The summed E-state index contributed by atoms with van der Waals surface area (Å²) in [6, 6.07) is 15.8. The highest BCUT2D eigenvalue weighted by Crippen LogP contribution is 2.23. The lowest BCUT2D eigenvalue weighted by molar-refractivity contribution is -0.132. The second-order valence-electron chi connectivity index (χ2n) is 4.76. The van der Waals surface area contributed by atoms with E-state index < -0.39 is 5.97 Å². The Labute approximate surface area is 121 Å². The number of aromatic nitrogens is 1. The molecule has 3 nitrogen and oxygen atoms in total. The number of fused-ring (bicyclic) bond motifs is 2. The van der Waals surface area contributed by atoms with Crippen LogP contribution in [0.1, 0.15) is 5.56 Å². The van der Waals surface area contributed by atoms with Crippen LogP contribution < -0.4 is 0 Å². The molecule has 1 N–H and O–H groups in total. The molecule has 1 aromatic heterocycles. The summed E-state index contributed by atoms with van der Waals surface area (Å²) in [5.74, 6) is -1.02. The second-order valence-corrected chi connectivity index (χ2v) is 4.76. The summed E-state index contributed by atoms with van der Waals surface area (Å²) in [5, 5.41) is 10.9. The van der Waals surface area contributed by atoms with Crippen LogP contribution in [-0.4, -0.2) is 16.1 Å². The van der Waals surface area contributed by atoms with Crippen molar-refractivity contribution in [3.63, 3.8) is 0 Å². The molecule has 3 aromatic rings. The van der Waals surface area contributed by atoms with Crippen LogP contribution in [-0.2, 0) is 4.79 Å². The minimum Gasteiger partial charge on any atom is -0.478 e. The predicted octanol–water partition coefficient (Wildman–Crippen LogP) is 4.04. The van der Waals surface area contributed by atoms with E-state index in [-0.39, 0.29) is 5.57 Å². The number of nitrogens with zero attached hydrogens (tertiary/aromatic N) is 1. The average Bonchev–Trinajstić information content (AvgIpc) is 2.50. The molecule has 0 bridgehead atoms. The Bertz CT molecular complexity index is 894. The van der Waals surface area contributed by atoms with Crippen LogP contribution >= 0.6 is 0 Å². The van der Waals surface area contributed by atoms with E-state index >= 15 is 0 Å². The molecule has 0 saturated carbocycles. The van der Waals surface area contributed by atoms with Crippen molar-refractivity contribution in [3.05, 3.63) is 72.3 Å². The Balaban J connectivity index is 2.17. The van der Waals surface area contributed by atoms with Crippen LogP contribution in [0.2, 0.25) is 0 Å². The van der Waals surface area contributed by atoms with Crippen molar-refractivity contribution >= 4 is 33.9 Å². The summed E-state index contributed by atoms with van der Waals surface area (Å²) in [6.45, 7) is 3.50. The van der Waals surface area contributed by atoms with E-state index in [2.05, 4.69) is 17.6 Å². The maximum atomic E-state index is 10.8. The molecule has 0 unspecified atom stereocenters. The summed E-state index contributed by atoms with van der Waals surface area (Å²) in [4.78, 5) is 15.4. The quantitative estimate of drug-likeness (QED) is 0.446. The molecule has 21 heavy (non-hydrogen) atoms. The van der Waals surface area contributed by atoms with Crippen molar-refractivity contribution in [1.82, 2.24) is 4.98 Å². The second kappa shape index (κ2) is 5.21. The van der Waals surface area contributed by atoms with Crippen molar-refractivity contribution in [2.24, 2.45) is 0 Å². The van der Waals surface area contributed by atoms with Gasteiger partial charge in [0.25, 0.3) is 0 Å². The monoisotopic (exact) mass is 275 g/mol. The van der Waals surface area contributed by atoms with E-state index in [1.54, 1.807) is 6.08 Å². The Kier molecular flexibility index (Phi) is 3.24. The number of aliphatic carboxylic acids is 1. The van der Waals surface area contributed by atoms with Crippen molar-refractivity contribution < 1.29 is 9.90 Å². The molecule has 0 amide bonds. The molecule has 0 aliphatic heterocycles. The molecule has 0 aliphatic carbocycles. The van der Waals surface area contributed by atoms with E-state index in [4.69, 9.17) is 5.11 Å². The first-order chi connectivity index (χ1) is 10.1. The van der Waals surface area contributed by atoms with Gasteiger partial charge in [0.2, 0.25) is 0 Å². The Hall–Kier alpha value is -2.94. The molecule has 0 fully saturated rings. The number of rotatable bonds is 3. The molecule has 0 aliphatic rings. The third kappa shape index (κ3) is 2.54. The van der Waals surface area contributed by atoms with E-state index in [1.165, 1.54) is 6.08 Å². The lowest BCUT2D eigenvalue weighted by Gasteiger charge is -2.04. The molecule has 0 atom stereocenters. The molecule has 0 spiro atoms. The van der Waals surface area contributed by atoms with Gasteiger partial charge in [0.1, 0.15) is 0 Å². The standard InChI is InChI=1S/C18H13NO2/c1-12(18(20)21)9-10-13-6-4-8-17-15(13)11-14-5-2-3-7-16(14)19-17/h2-11H,1H2,(H,20,21). The molecule has 2 aromatic carbocycles. The zero-order valence-electron chi connectivity index (χ0n) is 11.3. The number of carboxylic acids is 1. The summed E-state index contributed by atoms with van der Waals surface area (Å²) >= 11 is 0. The van der Waals surface area contributed by atoms with Crippen LogP contribution in [0.5, 0.6) is 0 Å². The first-order valence-corrected chi connectivity index (χ1v) is 6.54. The van der Waals surface area contributed by atoms with Gasteiger partial charge in [0, 0.05) is 10.8 Å². The molecular formula is C18H13NO2. The van der Waals surface area contributed by atoms with Gasteiger partial charge in [0.15, 0.2) is 0 Å². The van der Waals surface area contributed by atoms with Gasteiger partial charge in [-0.1, -0.05) is 43.0 Å². The van der Waals surface area contributed by atoms with Crippen LogP contribution in [0.4, 0.5) is 0 Å². The van der Waals surface area contributed by atoms with Gasteiger partial charge < -0.3 is 5.11 Å². The Morgan fingerprint density at radius 3 is 2.67 bits per heavy atom. The Morgan fingerprint density at radius 2 is 1.86 bits per heavy atom. The zero-order valence-corrected chi connectivity index (χ0v) is 11.3. The third-order valence-electron chi connectivity index (χ3n) is 3.33. The Morgan fingerprint density at radius 1 is 1.10 bits per heavy atom. The fraction of sp³-hybridized carbons (Fsp3) is 0. The van der Waals surface area contributed by atoms with E-state index in [1.807, 2.05) is 42.5 Å². The predicted molar refractivity (Wildman–Crippen MR) is 85.1 cm³/mol. The number of hydrogen-bond acceptors (Lipinski definition) is 2. The number of hydrogen-bond donors (Lipinski definition) is 1. The maximum absolute atomic E-state index is 10.8. The highest BCUT2D eigenvalue weighted by Gasteiger charge is 2.03. The fourth-order valence-electron chi connectivity index (χ4n) is 2.23. The minimum absolute atomic E-state index is 0.0563. The maximum Gasteiger partial charge on any atom is 0.335 e. The third-order valence-corrected chi connectivity index (χ3v) is 3.33. The summed E-state index contributed by atoms with van der Waals surface area (Å²) < 4.78 is 0. The van der Waals surface area contributed by atoms with Gasteiger partial charge in [-0.2, -0.15) is 0 Å². The molecule has 3 heteroatoms. The lowest BCUT2D eigenvalue weighted by atomic mass is 10.0. The van der Waals surface area contributed by atoms with E-state index in [0.717, 1.165) is 27.4 Å².